The molecule has 0 radical (unpaired) electrons. The fourth-order valence-electron chi connectivity index (χ4n) is 2.70. The van der Waals surface area contributed by atoms with E-state index in [0.717, 1.165) is 22.3 Å². The summed E-state index contributed by atoms with van der Waals surface area (Å²) in [7, 11) is -3.28. The molecule has 0 saturated heterocycles. The molecule has 0 heterocycles. The lowest BCUT2D eigenvalue weighted by atomic mass is 9.92. The van der Waals surface area contributed by atoms with Gasteiger partial charge in [0.2, 0.25) is 0 Å². The fraction of sp³-hybridized carbons (Fsp3) is 0.294. The highest BCUT2D eigenvalue weighted by Crippen LogP contribution is 2.29. The van der Waals surface area contributed by atoms with Crippen molar-refractivity contribution >= 4 is 9.84 Å². The Balaban J connectivity index is 2.53. The van der Waals surface area contributed by atoms with E-state index in [1.54, 1.807) is 24.3 Å². The largest absolute Gasteiger partial charge is 0.384 e. The number of hydrogen-bond donors (Lipinski definition) is 1. The minimum absolute atomic E-state index is 0.224. The molecule has 1 N–H and O–H groups in total. The van der Waals surface area contributed by atoms with Gasteiger partial charge in [-0.25, -0.2) is 8.42 Å². The Morgan fingerprint density at radius 1 is 1.00 bits per heavy atom. The highest BCUT2D eigenvalue weighted by molar-refractivity contribution is 7.90. The second-order valence-corrected chi connectivity index (χ2v) is 7.58. The smallest absolute Gasteiger partial charge is 0.175 e. The molecule has 21 heavy (non-hydrogen) atoms. The van der Waals surface area contributed by atoms with E-state index in [0.29, 0.717) is 5.56 Å². The average molecular weight is 304 g/mol. The predicted octanol–water partition coefficient (Wildman–Crippen LogP) is 3.10. The second kappa shape index (κ2) is 5.62. The molecule has 0 fully saturated rings. The summed E-state index contributed by atoms with van der Waals surface area (Å²) in [5.41, 5.74) is 4.58. The molecule has 0 aliphatic rings. The molecule has 4 heteroatoms. The van der Waals surface area contributed by atoms with E-state index in [1.165, 1.54) is 6.26 Å². The van der Waals surface area contributed by atoms with Crippen molar-refractivity contribution in [2.24, 2.45) is 0 Å². The van der Waals surface area contributed by atoms with E-state index < -0.39 is 15.9 Å². The van der Waals surface area contributed by atoms with Crippen molar-refractivity contribution in [3.63, 3.8) is 0 Å². The van der Waals surface area contributed by atoms with Gasteiger partial charge in [-0.2, -0.15) is 0 Å². The van der Waals surface area contributed by atoms with Crippen LogP contribution in [0.5, 0.6) is 0 Å². The zero-order valence-corrected chi connectivity index (χ0v) is 13.5. The van der Waals surface area contributed by atoms with Crippen LogP contribution >= 0.6 is 0 Å². The van der Waals surface area contributed by atoms with Crippen LogP contribution in [0.2, 0.25) is 0 Å². The summed E-state index contributed by atoms with van der Waals surface area (Å²) in [4.78, 5) is 0.224. The van der Waals surface area contributed by atoms with Crippen molar-refractivity contribution in [3.8, 4) is 0 Å². The van der Waals surface area contributed by atoms with Crippen LogP contribution in [0.15, 0.2) is 41.3 Å². The lowest BCUT2D eigenvalue weighted by molar-refractivity contribution is 0.218. The van der Waals surface area contributed by atoms with Crippen molar-refractivity contribution in [1.29, 1.82) is 0 Å². The normalized spacial score (nSPS) is 13.2. The first kappa shape index (κ1) is 15.7. The number of aryl methyl sites for hydroxylation is 3. The Morgan fingerprint density at radius 3 is 2.10 bits per heavy atom. The molecule has 0 aromatic heterocycles. The standard InChI is InChI=1S/C17H20O3S/c1-11-8-12(2)16(13(3)9-11)17(18)14-6-5-7-15(10-14)21(4,19)20/h5-10,17-18H,1-4H3. The van der Waals surface area contributed by atoms with E-state index in [1.807, 2.05) is 32.9 Å². The van der Waals surface area contributed by atoms with Gasteiger partial charge in [-0.15, -0.1) is 0 Å². The Morgan fingerprint density at radius 2 is 1.57 bits per heavy atom. The topological polar surface area (TPSA) is 54.4 Å². The van der Waals surface area contributed by atoms with Gasteiger partial charge in [-0.1, -0.05) is 29.8 Å². The Kier molecular flexibility index (Phi) is 4.21. The summed E-state index contributed by atoms with van der Waals surface area (Å²) in [6.45, 7) is 5.93. The molecule has 2 rings (SSSR count). The molecule has 3 nitrogen and oxygen atoms in total. The number of sulfone groups is 1. The molecule has 1 unspecified atom stereocenters. The zero-order valence-electron chi connectivity index (χ0n) is 12.7. The molecule has 0 saturated carbocycles. The number of hydrogen-bond acceptors (Lipinski definition) is 3. The van der Waals surface area contributed by atoms with Crippen LogP contribution in [0.25, 0.3) is 0 Å². The van der Waals surface area contributed by atoms with E-state index in [9.17, 15) is 13.5 Å². The molecular weight excluding hydrogens is 284 g/mol. The van der Waals surface area contributed by atoms with Crippen molar-refractivity contribution in [1.82, 2.24) is 0 Å². The number of rotatable bonds is 3. The third kappa shape index (κ3) is 3.34. The van der Waals surface area contributed by atoms with E-state index in [2.05, 4.69) is 0 Å². The Labute approximate surface area is 126 Å². The van der Waals surface area contributed by atoms with Gasteiger partial charge in [-0.05, 0) is 55.2 Å². The minimum atomic E-state index is -3.28. The number of aliphatic hydroxyl groups is 1. The number of aliphatic hydroxyl groups excluding tert-OH is 1. The second-order valence-electron chi connectivity index (χ2n) is 5.56. The van der Waals surface area contributed by atoms with Crippen LogP contribution in [0.4, 0.5) is 0 Å². The van der Waals surface area contributed by atoms with Gasteiger partial charge >= 0.3 is 0 Å². The summed E-state index contributed by atoms with van der Waals surface area (Å²) in [6.07, 6.45) is 0.341. The monoisotopic (exact) mass is 304 g/mol. The molecule has 0 aliphatic heterocycles. The average Bonchev–Trinajstić information content (AvgIpc) is 2.36. The van der Waals surface area contributed by atoms with Crippen molar-refractivity contribution in [2.75, 3.05) is 6.26 Å². The van der Waals surface area contributed by atoms with Crippen LogP contribution in [-0.2, 0) is 9.84 Å². The SMILES string of the molecule is Cc1cc(C)c(C(O)c2cccc(S(C)(=O)=O)c2)c(C)c1. The zero-order chi connectivity index (χ0) is 15.8. The van der Waals surface area contributed by atoms with Gasteiger partial charge in [0, 0.05) is 6.26 Å². The first-order valence-corrected chi connectivity index (χ1v) is 8.65. The maximum absolute atomic E-state index is 11.6. The molecule has 0 aliphatic carbocycles. The highest BCUT2D eigenvalue weighted by atomic mass is 32.2. The van der Waals surface area contributed by atoms with E-state index in [4.69, 9.17) is 0 Å². The summed E-state index contributed by atoms with van der Waals surface area (Å²) in [5.74, 6) is 0. The first-order chi connectivity index (χ1) is 9.70. The molecule has 0 bridgehead atoms. The predicted molar refractivity (Wildman–Crippen MR) is 84.3 cm³/mol. The molecular formula is C17H20O3S. The maximum Gasteiger partial charge on any atom is 0.175 e. The quantitative estimate of drug-likeness (QED) is 0.948. The summed E-state index contributed by atoms with van der Waals surface area (Å²) >= 11 is 0. The third-order valence-corrected chi connectivity index (χ3v) is 4.72. The lowest BCUT2D eigenvalue weighted by Crippen LogP contribution is -2.06. The summed E-state index contributed by atoms with van der Waals surface area (Å²) in [5, 5.41) is 10.6. The van der Waals surface area contributed by atoms with Crippen molar-refractivity contribution < 1.29 is 13.5 Å². The molecule has 2 aromatic carbocycles. The fourth-order valence-corrected chi connectivity index (χ4v) is 3.38. The van der Waals surface area contributed by atoms with Crippen molar-refractivity contribution in [3.05, 3.63) is 64.2 Å². The van der Waals surface area contributed by atoms with E-state index in [-0.39, 0.29) is 4.90 Å². The molecule has 0 amide bonds. The van der Waals surface area contributed by atoms with Gasteiger partial charge < -0.3 is 5.11 Å². The molecule has 1 atom stereocenters. The third-order valence-electron chi connectivity index (χ3n) is 3.61. The number of benzene rings is 2. The van der Waals surface area contributed by atoms with Crippen LogP contribution in [-0.4, -0.2) is 19.8 Å². The van der Waals surface area contributed by atoms with Crippen LogP contribution in [0.3, 0.4) is 0 Å². The van der Waals surface area contributed by atoms with Gasteiger partial charge in [-0.3, -0.25) is 0 Å². The summed E-state index contributed by atoms with van der Waals surface area (Å²) < 4.78 is 23.3. The Hall–Kier alpha value is -1.65. The summed E-state index contributed by atoms with van der Waals surface area (Å²) in [6, 6.07) is 10.5. The van der Waals surface area contributed by atoms with Gasteiger partial charge in [0.1, 0.15) is 6.10 Å². The van der Waals surface area contributed by atoms with Crippen molar-refractivity contribution in [2.45, 2.75) is 31.8 Å². The van der Waals surface area contributed by atoms with Gasteiger partial charge in [0.05, 0.1) is 4.90 Å². The van der Waals surface area contributed by atoms with Gasteiger partial charge in [0.15, 0.2) is 9.84 Å². The van der Waals surface area contributed by atoms with Crippen LogP contribution in [0, 0.1) is 20.8 Å². The molecule has 2 aromatic rings. The van der Waals surface area contributed by atoms with Crippen LogP contribution in [0.1, 0.15) is 33.9 Å². The minimum Gasteiger partial charge on any atom is -0.384 e. The van der Waals surface area contributed by atoms with Crippen LogP contribution < -0.4 is 0 Å². The first-order valence-electron chi connectivity index (χ1n) is 6.76. The Bertz CT molecular complexity index is 753. The lowest BCUT2D eigenvalue weighted by Gasteiger charge is -2.18. The maximum atomic E-state index is 11.6. The molecule has 112 valence electrons. The molecule has 0 spiro atoms. The van der Waals surface area contributed by atoms with Gasteiger partial charge in [0.25, 0.3) is 0 Å². The van der Waals surface area contributed by atoms with E-state index >= 15 is 0 Å². The highest BCUT2D eigenvalue weighted by Gasteiger charge is 2.17.